The van der Waals surface area contributed by atoms with Gasteiger partial charge >= 0.3 is 0 Å². The Labute approximate surface area is 114 Å². The molecule has 1 aromatic carbocycles. The van der Waals surface area contributed by atoms with Crippen LogP contribution in [0.1, 0.15) is 0 Å². The lowest BCUT2D eigenvalue weighted by Gasteiger charge is -2.38. The minimum Gasteiger partial charge on any atom is -0.379 e. The van der Waals surface area contributed by atoms with Gasteiger partial charge in [0.05, 0.1) is 26.0 Å². The molecule has 1 aliphatic heterocycles. The fourth-order valence-electron chi connectivity index (χ4n) is 2.36. The Morgan fingerprint density at radius 1 is 1.21 bits per heavy atom. The number of para-hydroxylation sites is 1. The first-order valence-electron chi connectivity index (χ1n) is 6.46. The van der Waals surface area contributed by atoms with Gasteiger partial charge in [-0.1, -0.05) is 18.2 Å². The molecule has 2 rings (SSSR count). The van der Waals surface area contributed by atoms with Crippen LogP contribution in [0.4, 0.5) is 5.69 Å². The van der Waals surface area contributed by atoms with E-state index < -0.39 is 10.0 Å². The van der Waals surface area contributed by atoms with Crippen molar-refractivity contribution in [1.82, 2.24) is 0 Å². The SMILES string of the molecule is CS(=O)(=O)[N+]1(CCNc2ccccc2)CCOCC1. The first-order valence-corrected chi connectivity index (χ1v) is 8.31. The second-order valence-corrected chi connectivity index (χ2v) is 7.11. The van der Waals surface area contributed by atoms with E-state index in [1.54, 1.807) is 0 Å². The Morgan fingerprint density at radius 2 is 1.84 bits per heavy atom. The zero-order chi connectivity index (χ0) is 13.8. The molecule has 5 nitrogen and oxygen atoms in total. The van der Waals surface area contributed by atoms with Crippen molar-refractivity contribution in [3.05, 3.63) is 30.3 Å². The predicted molar refractivity (Wildman–Crippen MR) is 75.5 cm³/mol. The van der Waals surface area contributed by atoms with Crippen LogP contribution < -0.4 is 5.32 Å². The minimum absolute atomic E-state index is 0.118. The van der Waals surface area contributed by atoms with Gasteiger partial charge in [-0.15, -0.1) is 0 Å². The molecule has 0 unspecified atom stereocenters. The van der Waals surface area contributed by atoms with Crippen molar-refractivity contribution in [1.29, 1.82) is 0 Å². The molecule has 0 spiro atoms. The van der Waals surface area contributed by atoms with Crippen LogP contribution >= 0.6 is 0 Å². The fraction of sp³-hybridized carbons (Fsp3) is 0.538. The van der Waals surface area contributed by atoms with E-state index in [9.17, 15) is 8.42 Å². The summed E-state index contributed by atoms with van der Waals surface area (Å²) in [4.78, 5) is 0. The molecule has 1 heterocycles. The van der Waals surface area contributed by atoms with E-state index in [-0.39, 0.29) is 3.89 Å². The molecule has 0 amide bonds. The van der Waals surface area contributed by atoms with Gasteiger partial charge < -0.3 is 10.1 Å². The van der Waals surface area contributed by atoms with Gasteiger partial charge in [-0.25, -0.2) is 3.89 Å². The molecule has 1 fully saturated rings. The highest BCUT2D eigenvalue weighted by molar-refractivity contribution is 7.85. The number of hydrogen-bond acceptors (Lipinski definition) is 4. The van der Waals surface area contributed by atoms with Gasteiger partial charge in [0.1, 0.15) is 19.6 Å². The van der Waals surface area contributed by atoms with Crippen molar-refractivity contribution < 1.29 is 17.0 Å². The van der Waals surface area contributed by atoms with Crippen molar-refractivity contribution in [2.45, 2.75) is 0 Å². The van der Waals surface area contributed by atoms with Crippen LogP contribution in [-0.2, 0) is 14.8 Å². The molecule has 1 saturated heterocycles. The van der Waals surface area contributed by atoms with Gasteiger partial charge in [0.25, 0.3) is 10.0 Å². The van der Waals surface area contributed by atoms with E-state index in [4.69, 9.17) is 4.74 Å². The average molecular weight is 285 g/mol. The molecular formula is C13H21N2O3S+. The molecular weight excluding hydrogens is 264 g/mol. The molecule has 1 aromatic rings. The van der Waals surface area contributed by atoms with Crippen LogP contribution in [0.2, 0.25) is 0 Å². The Hall–Kier alpha value is -1.11. The van der Waals surface area contributed by atoms with Crippen LogP contribution in [0, 0.1) is 0 Å². The van der Waals surface area contributed by atoms with Crippen molar-refractivity contribution in [2.75, 3.05) is 51.0 Å². The van der Waals surface area contributed by atoms with E-state index in [0.29, 0.717) is 39.4 Å². The maximum Gasteiger partial charge on any atom is 0.294 e. The maximum atomic E-state index is 12.0. The number of sulfonamides is 1. The lowest BCUT2D eigenvalue weighted by atomic mass is 10.3. The number of hydrogen-bond donors (Lipinski definition) is 1. The number of anilines is 1. The number of benzene rings is 1. The molecule has 0 aromatic heterocycles. The molecule has 6 heteroatoms. The quantitative estimate of drug-likeness (QED) is 0.817. The summed E-state index contributed by atoms with van der Waals surface area (Å²) >= 11 is 0. The van der Waals surface area contributed by atoms with Crippen LogP contribution in [0.3, 0.4) is 0 Å². The van der Waals surface area contributed by atoms with Crippen LogP contribution in [0.5, 0.6) is 0 Å². The third kappa shape index (κ3) is 3.46. The molecule has 19 heavy (non-hydrogen) atoms. The molecule has 1 N–H and O–H groups in total. The molecule has 0 aliphatic carbocycles. The second kappa shape index (κ2) is 5.90. The van der Waals surface area contributed by atoms with E-state index in [0.717, 1.165) is 5.69 Å². The standard InChI is InChI=1S/C13H21N2O3S/c1-19(16,17)15(9-11-18-12-10-15)8-7-14-13-5-3-2-4-6-13/h2-6,14H,7-12H2,1H3/q+1. The number of quaternary nitrogens is 1. The zero-order valence-corrected chi connectivity index (χ0v) is 12.0. The number of morpholine rings is 1. The van der Waals surface area contributed by atoms with Crippen LogP contribution in [0.25, 0.3) is 0 Å². The highest BCUT2D eigenvalue weighted by atomic mass is 32.2. The van der Waals surface area contributed by atoms with Gasteiger partial charge in [-0.2, -0.15) is 8.42 Å². The summed E-state index contributed by atoms with van der Waals surface area (Å²) in [5.41, 5.74) is 1.02. The topological polar surface area (TPSA) is 55.4 Å². The number of nitrogens with zero attached hydrogens (tertiary/aromatic N) is 1. The van der Waals surface area contributed by atoms with Crippen LogP contribution in [-0.4, -0.2) is 58.0 Å². The predicted octanol–water partition coefficient (Wildman–Crippen LogP) is 0.905. The van der Waals surface area contributed by atoms with E-state index >= 15 is 0 Å². The van der Waals surface area contributed by atoms with E-state index in [1.165, 1.54) is 6.26 Å². The Morgan fingerprint density at radius 3 is 2.42 bits per heavy atom. The highest BCUT2D eigenvalue weighted by Crippen LogP contribution is 2.17. The summed E-state index contributed by atoms with van der Waals surface area (Å²) in [5, 5.41) is 3.27. The molecule has 1 aliphatic rings. The van der Waals surface area contributed by atoms with Gasteiger partial charge in [0, 0.05) is 5.69 Å². The number of rotatable bonds is 5. The van der Waals surface area contributed by atoms with Crippen molar-refractivity contribution >= 4 is 15.7 Å². The summed E-state index contributed by atoms with van der Waals surface area (Å²) in [7, 11) is -3.12. The van der Waals surface area contributed by atoms with E-state index in [2.05, 4.69) is 5.32 Å². The second-order valence-electron chi connectivity index (χ2n) is 4.87. The Balaban J connectivity index is 1.98. The summed E-state index contributed by atoms with van der Waals surface area (Å²) < 4.78 is 29.5. The third-order valence-electron chi connectivity index (χ3n) is 3.61. The van der Waals surface area contributed by atoms with Gasteiger partial charge in [-0.05, 0) is 12.1 Å². The average Bonchev–Trinajstić information content (AvgIpc) is 2.40. The Bertz CT molecular complexity index is 496. The normalized spacial score (nSPS) is 19.0. The van der Waals surface area contributed by atoms with Crippen molar-refractivity contribution in [3.8, 4) is 0 Å². The summed E-state index contributed by atoms with van der Waals surface area (Å²) in [6.07, 6.45) is 1.32. The lowest BCUT2D eigenvalue weighted by Crippen LogP contribution is -2.59. The largest absolute Gasteiger partial charge is 0.379 e. The van der Waals surface area contributed by atoms with Gasteiger partial charge in [0.2, 0.25) is 0 Å². The molecule has 106 valence electrons. The highest BCUT2D eigenvalue weighted by Gasteiger charge is 2.39. The summed E-state index contributed by atoms with van der Waals surface area (Å²) in [5.74, 6) is 0. The fourth-order valence-corrected chi connectivity index (χ4v) is 3.59. The monoisotopic (exact) mass is 285 g/mol. The van der Waals surface area contributed by atoms with E-state index in [1.807, 2.05) is 30.3 Å². The molecule has 0 bridgehead atoms. The zero-order valence-electron chi connectivity index (χ0n) is 11.2. The smallest absolute Gasteiger partial charge is 0.294 e. The van der Waals surface area contributed by atoms with Crippen LogP contribution in [0.15, 0.2) is 30.3 Å². The molecule has 0 radical (unpaired) electrons. The minimum atomic E-state index is -3.12. The van der Waals surface area contributed by atoms with Gasteiger partial charge in [-0.3, -0.25) is 0 Å². The first kappa shape index (κ1) is 14.3. The lowest BCUT2D eigenvalue weighted by molar-refractivity contribution is -0.814. The van der Waals surface area contributed by atoms with Crippen molar-refractivity contribution in [3.63, 3.8) is 0 Å². The summed E-state index contributed by atoms with van der Waals surface area (Å²) in [6.45, 7) is 3.30. The summed E-state index contributed by atoms with van der Waals surface area (Å²) in [6, 6.07) is 9.82. The number of nitrogens with one attached hydrogen (secondary N) is 1. The molecule has 0 atom stereocenters. The Kier molecular flexibility index (Phi) is 4.44. The van der Waals surface area contributed by atoms with Crippen molar-refractivity contribution in [2.24, 2.45) is 0 Å². The third-order valence-corrected chi connectivity index (χ3v) is 5.57. The first-order chi connectivity index (χ1) is 9.04. The number of ether oxygens (including phenoxy) is 1. The molecule has 0 saturated carbocycles. The van der Waals surface area contributed by atoms with Gasteiger partial charge in [0.15, 0.2) is 0 Å². The maximum absolute atomic E-state index is 12.0.